The molecule has 1 atom stereocenters. The van der Waals surface area contributed by atoms with Crippen molar-refractivity contribution in [1.29, 1.82) is 5.41 Å². The summed E-state index contributed by atoms with van der Waals surface area (Å²) in [6, 6.07) is 0. The van der Waals surface area contributed by atoms with Gasteiger partial charge in [-0.15, -0.1) is 5.73 Å². The monoisotopic (exact) mass is 164 g/mol. The van der Waals surface area contributed by atoms with Crippen molar-refractivity contribution in [2.75, 3.05) is 0 Å². The van der Waals surface area contributed by atoms with Crippen LogP contribution in [-0.4, -0.2) is 6.21 Å². The van der Waals surface area contributed by atoms with E-state index >= 15 is 0 Å². The molecule has 67 valence electrons. The lowest BCUT2D eigenvalue weighted by molar-refractivity contribution is 0.462. The molecular weight excluding hydrogens is 146 g/mol. The topological polar surface area (TPSA) is 23.9 Å². The second kappa shape index (κ2) is 5.79. The highest BCUT2D eigenvalue weighted by Crippen LogP contribution is 2.27. The van der Waals surface area contributed by atoms with E-state index in [2.05, 4.69) is 26.2 Å². The minimum Gasteiger partial charge on any atom is -0.312 e. The van der Waals surface area contributed by atoms with Crippen LogP contribution in [0.25, 0.3) is 0 Å². The summed E-state index contributed by atoms with van der Waals surface area (Å²) in [5, 5.41) is 7.35. The highest BCUT2D eigenvalue weighted by atomic mass is 14.4. The lowest BCUT2D eigenvalue weighted by atomic mass is 9.81. The molecule has 1 N–H and O–H groups in total. The molecule has 0 spiro atoms. The van der Waals surface area contributed by atoms with Gasteiger partial charge in [-0.05, 0) is 18.9 Å². The van der Waals surface area contributed by atoms with Crippen molar-refractivity contribution in [2.45, 2.75) is 32.6 Å². The first-order valence-electron chi connectivity index (χ1n) is 4.42. The van der Waals surface area contributed by atoms with Gasteiger partial charge in [-0.25, -0.2) is 0 Å². The van der Waals surface area contributed by atoms with E-state index in [0.717, 1.165) is 25.7 Å². The molecule has 1 nitrogen and oxygen atoms in total. The maximum Gasteiger partial charge on any atom is 0.0300 e. The van der Waals surface area contributed by atoms with E-state index in [9.17, 15) is 0 Å². The predicted octanol–water partition coefficient (Wildman–Crippen LogP) is 3.38. The molecule has 12 heavy (non-hydrogen) atoms. The molecule has 0 aromatic rings. The average molecular weight is 164 g/mol. The zero-order valence-electron chi connectivity index (χ0n) is 7.90. The number of hydrogen-bond donors (Lipinski definition) is 1. The molecule has 0 aliphatic heterocycles. The van der Waals surface area contributed by atoms with E-state index in [1.807, 2.05) is 6.08 Å². The maximum absolute atomic E-state index is 7.35. The SMILES string of the molecule is [CH2]CCCC(C=N)(C=C=C)CC. The lowest BCUT2D eigenvalue weighted by Crippen LogP contribution is -2.17. The Labute approximate surface area is 75.7 Å². The molecule has 0 heterocycles. The number of hydrogen-bond acceptors (Lipinski definition) is 1. The van der Waals surface area contributed by atoms with E-state index < -0.39 is 0 Å². The van der Waals surface area contributed by atoms with Crippen LogP contribution in [0.2, 0.25) is 0 Å². The summed E-state index contributed by atoms with van der Waals surface area (Å²) in [6.07, 6.45) is 7.32. The van der Waals surface area contributed by atoms with Gasteiger partial charge in [-0.3, -0.25) is 0 Å². The average Bonchev–Trinajstić information content (AvgIpc) is 2.13. The van der Waals surface area contributed by atoms with Crippen molar-refractivity contribution in [3.63, 3.8) is 0 Å². The lowest BCUT2D eigenvalue weighted by Gasteiger charge is -2.22. The Hall–Kier alpha value is -0.810. The fourth-order valence-electron chi connectivity index (χ4n) is 1.22. The van der Waals surface area contributed by atoms with Gasteiger partial charge in [-0.2, -0.15) is 0 Å². The molecule has 0 saturated carbocycles. The predicted molar refractivity (Wildman–Crippen MR) is 54.4 cm³/mol. The largest absolute Gasteiger partial charge is 0.312 e. The van der Waals surface area contributed by atoms with Crippen molar-refractivity contribution in [1.82, 2.24) is 0 Å². The van der Waals surface area contributed by atoms with E-state index in [4.69, 9.17) is 5.41 Å². The number of rotatable bonds is 6. The van der Waals surface area contributed by atoms with Crippen LogP contribution in [0.1, 0.15) is 32.6 Å². The van der Waals surface area contributed by atoms with Crippen molar-refractivity contribution in [3.8, 4) is 0 Å². The number of nitrogens with one attached hydrogen (secondary N) is 1. The molecule has 1 radical (unpaired) electrons. The first kappa shape index (κ1) is 11.2. The zero-order chi connectivity index (χ0) is 9.45. The summed E-state index contributed by atoms with van der Waals surface area (Å²) in [5.41, 5.74) is 2.66. The van der Waals surface area contributed by atoms with E-state index in [0.29, 0.717) is 0 Å². The van der Waals surface area contributed by atoms with Crippen LogP contribution in [0.3, 0.4) is 0 Å². The molecule has 0 aliphatic rings. The van der Waals surface area contributed by atoms with Gasteiger partial charge in [0.2, 0.25) is 0 Å². The van der Waals surface area contributed by atoms with E-state index in [-0.39, 0.29) is 5.41 Å². The van der Waals surface area contributed by atoms with Crippen LogP contribution in [0, 0.1) is 17.7 Å². The zero-order valence-corrected chi connectivity index (χ0v) is 7.90. The minimum absolute atomic E-state index is 0.112. The molecule has 1 unspecified atom stereocenters. The molecular formula is C11H18N. The Kier molecular flexibility index (Phi) is 5.40. The van der Waals surface area contributed by atoms with Gasteiger partial charge in [0.05, 0.1) is 0 Å². The Morgan fingerprint density at radius 1 is 1.58 bits per heavy atom. The normalized spacial score (nSPS) is 14.5. The van der Waals surface area contributed by atoms with Crippen molar-refractivity contribution >= 4 is 6.21 Å². The fourth-order valence-corrected chi connectivity index (χ4v) is 1.22. The second-order valence-electron chi connectivity index (χ2n) is 3.04. The Morgan fingerprint density at radius 2 is 2.25 bits per heavy atom. The Balaban J connectivity index is 4.34. The molecule has 0 fully saturated rings. The fraction of sp³-hybridized carbons (Fsp3) is 0.545. The molecule has 0 rings (SSSR count). The quantitative estimate of drug-likeness (QED) is 0.459. The molecule has 0 aromatic heterocycles. The molecule has 0 amide bonds. The van der Waals surface area contributed by atoms with Crippen molar-refractivity contribution in [2.24, 2.45) is 5.41 Å². The van der Waals surface area contributed by atoms with E-state index in [1.54, 1.807) is 0 Å². The second-order valence-corrected chi connectivity index (χ2v) is 3.04. The number of unbranched alkanes of at least 4 members (excludes halogenated alkanes) is 1. The van der Waals surface area contributed by atoms with Crippen molar-refractivity contribution < 1.29 is 0 Å². The van der Waals surface area contributed by atoms with Gasteiger partial charge < -0.3 is 5.41 Å². The molecule has 0 aliphatic carbocycles. The van der Waals surface area contributed by atoms with Gasteiger partial charge in [0, 0.05) is 11.6 Å². The van der Waals surface area contributed by atoms with Crippen LogP contribution in [0.4, 0.5) is 0 Å². The standard InChI is InChI=1S/C11H18N/c1-4-7-9-11(6-3,10-12)8-5-2/h8,10,12H,1-2,4,6-7,9H2,3H3. The number of allylic oxidation sites excluding steroid dienone is 1. The minimum atomic E-state index is -0.112. The summed E-state index contributed by atoms with van der Waals surface area (Å²) in [7, 11) is 0. The van der Waals surface area contributed by atoms with Crippen LogP contribution in [0.15, 0.2) is 18.4 Å². The van der Waals surface area contributed by atoms with Crippen LogP contribution >= 0.6 is 0 Å². The molecule has 0 bridgehead atoms. The molecule has 0 aromatic carbocycles. The third kappa shape index (κ3) is 3.06. The first-order chi connectivity index (χ1) is 5.74. The van der Waals surface area contributed by atoms with Crippen LogP contribution < -0.4 is 0 Å². The summed E-state index contributed by atoms with van der Waals surface area (Å²) in [5.74, 6) is 0. The van der Waals surface area contributed by atoms with Gasteiger partial charge in [-0.1, -0.05) is 33.3 Å². The molecule has 0 saturated heterocycles. The van der Waals surface area contributed by atoms with Crippen molar-refractivity contribution in [3.05, 3.63) is 25.3 Å². The van der Waals surface area contributed by atoms with Crippen LogP contribution in [0.5, 0.6) is 0 Å². The summed E-state index contributed by atoms with van der Waals surface area (Å²) >= 11 is 0. The van der Waals surface area contributed by atoms with Crippen LogP contribution in [-0.2, 0) is 0 Å². The summed E-state index contributed by atoms with van der Waals surface area (Å²) in [6.45, 7) is 9.43. The maximum atomic E-state index is 7.35. The Bertz CT molecular complexity index is 177. The summed E-state index contributed by atoms with van der Waals surface area (Å²) < 4.78 is 0. The third-order valence-electron chi connectivity index (χ3n) is 2.23. The highest BCUT2D eigenvalue weighted by molar-refractivity contribution is 5.65. The Morgan fingerprint density at radius 3 is 2.58 bits per heavy atom. The van der Waals surface area contributed by atoms with Gasteiger partial charge in [0.1, 0.15) is 0 Å². The highest BCUT2D eigenvalue weighted by Gasteiger charge is 2.20. The summed E-state index contributed by atoms with van der Waals surface area (Å²) in [4.78, 5) is 0. The van der Waals surface area contributed by atoms with Gasteiger partial charge in [0.15, 0.2) is 0 Å². The smallest absolute Gasteiger partial charge is 0.0300 e. The third-order valence-corrected chi connectivity index (χ3v) is 2.23. The first-order valence-corrected chi connectivity index (χ1v) is 4.42. The molecule has 1 heteroatoms. The van der Waals surface area contributed by atoms with Gasteiger partial charge in [0.25, 0.3) is 0 Å². The van der Waals surface area contributed by atoms with Gasteiger partial charge >= 0.3 is 0 Å². The van der Waals surface area contributed by atoms with E-state index in [1.165, 1.54) is 6.21 Å².